The summed E-state index contributed by atoms with van der Waals surface area (Å²) in [6.45, 7) is 1.81. The smallest absolute Gasteiger partial charge is 0.143 e. The van der Waals surface area contributed by atoms with Crippen molar-refractivity contribution in [1.82, 2.24) is 9.55 Å². The van der Waals surface area contributed by atoms with E-state index in [1.165, 1.54) is 12.1 Å². The number of fused-ring (bicyclic) bond motifs is 1. The summed E-state index contributed by atoms with van der Waals surface area (Å²) in [4.78, 5) is 4.50. The van der Waals surface area contributed by atoms with E-state index >= 15 is 0 Å². The van der Waals surface area contributed by atoms with Crippen molar-refractivity contribution in [2.75, 3.05) is 0 Å². The molecule has 0 fully saturated rings. The normalized spacial score (nSPS) is 12.8. The third-order valence-corrected chi connectivity index (χ3v) is 3.90. The van der Waals surface area contributed by atoms with Gasteiger partial charge in [-0.2, -0.15) is 0 Å². The molecule has 0 N–H and O–H groups in total. The van der Waals surface area contributed by atoms with Crippen molar-refractivity contribution in [1.29, 1.82) is 0 Å². The molecule has 0 saturated heterocycles. The molecule has 2 aromatic carbocycles. The van der Waals surface area contributed by atoms with Crippen LogP contribution in [0.2, 0.25) is 10.0 Å². The molecule has 0 aliphatic carbocycles. The summed E-state index contributed by atoms with van der Waals surface area (Å²) >= 11 is 18.0. The number of aromatic nitrogens is 2. The molecule has 0 amide bonds. The van der Waals surface area contributed by atoms with E-state index in [1.807, 2.05) is 13.0 Å². The van der Waals surface area contributed by atoms with Crippen molar-refractivity contribution < 1.29 is 4.39 Å². The zero-order chi connectivity index (χ0) is 15.1. The maximum Gasteiger partial charge on any atom is 0.143 e. The van der Waals surface area contributed by atoms with E-state index < -0.39 is 5.82 Å². The molecule has 108 valence electrons. The fourth-order valence-electron chi connectivity index (χ4n) is 2.23. The Hall–Kier alpha value is -1.29. The molecular formula is C15H10Cl3FN2. The molecule has 3 rings (SSSR count). The second-order valence-corrected chi connectivity index (χ2v) is 6.15. The molecule has 0 spiro atoms. The minimum absolute atomic E-state index is 0.0710. The van der Waals surface area contributed by atoms with Gasteiger partial charge in [0.1, 0.15) is 11.6 Å². The molecule has 0 aliphatic rings. The van der Waals surface area contributed by atoms with Gasteiger partial charge in [-0.1, -0.05) is 23.2 Å². The van der Waals surface area contributed by atoms with Gasteiger partial charge in [-0.05, 0) is 43.3 Å². The molecule has 1 aromatic heterocycles. The summed E-state index contributed by atoms with van der Waals surface area (Å²) in [5.74, 6) is 0.127. The van der Waals surface area contributed by atoms with Crippen LogP contribution in [-0.2, 0) is 0 Å². The fraction of sp³-hybridized carbons (Fsp3) is 0.133. The Morgan fingerprint density at radius 1 is 1.14 bits per heavy atom. The first kappa shape index (κ1) is 14.6. The Labute approximate surface area is 136 Å². The monoisotopic (exact) mass is 342 g/mol. The van der Waals surface area contributed by atoms with E-state index in [9.17, 15) is 4.39 Å². The predicted octanol–water partition coefficient (Wildman–Crippen LogP) is 5.77. The highest BCUT2D eigenvalue weighted by Gasteiger charge is 2.17. The van der Waals surface area contributed by atoms with Gasteiger partial charge < -0.3 is 0 Å². The van der Waals surface area contributed by atoms with Crippen LogP contribution in [0.5, 0.6) is 0 Å². The first-order valence-corrected chi connectivity index (χ1v) is 7.44. The van der Waals surface area contributed by atoms with Crippen molar-refractivity contribution in [3.05, 3.63) is 58.1 Å². The standard InChI is InChI=1S/C15H10Cl3FN2/c1-8(16)15-20-13-5-2-9(17)6-14(13)21(15)10-3-4-11(18)12(19)7-10/h2-8H,1H3. The van der Waals surface area contributed by atoms with Gasteiger partial charge in [0.25, 0.3) is 0 Å². The van der Waals surface area contributed by atoms with E-state index in [-0.39, 0.29) is 10.4 Å². The lowest BCUT2D eigenvalue weighted by atomic mass is 10.2. The van der Waals surface area contributed by atoms with Gasteiger partial charge in [0.05, 0.1) is 27.1 Å². The molecule has 0 bridgehead atoms. The van der Waals surface area contributed by atoms with E-state index in [1.54, 1.807) is 22.8 Å². The summed E-state index contributed by atoms with van der Waals surface area (Å²) in [6, 6.07) is 9.92. The fourth-order valence-corrected chi connectivity index (χ4v) is 2.66. The highest BCUT2D eigenvalue weighted by Crippen LogP contribution is 2.30. The van der Waals surface area contributed by atoms with Gasteiger partial charge >= 0.3 is 0 Å². The van der Waals surface area contributed by atoms with E-state index in [0.29, 0.717) is 16.5 Å². The summed E-state index contributed by atoms with van der Waals surface area (Å²) in [5.41, 5.74) is 2.12. The third kappa shape index (κ3) is 2.61. The quantitative estimate of drug-likeness (QED) is 0.540. The molecule has 1 unspecified atom stereocenters. The second-order valence-electron chi connectivity index (χ2n) is 4.65. The second kappa shape index (κ2) is 5.48. The molecule has 2 nitrogen and oxygen atoms in total. The van der Waals surface area contributed by atoms with Gasteiger partial charge in [0.2, 0.25) is 0 Å². The van der Waals surface area contributed by atoms with Crippen LogP contribution < -0.4 is 0 Å². The van der Waals surface area contributed by atoms with Gasteiger partial charge in [-0.3, -0.25) is 4.57 Å². The Balaban J connectivity index is 2.35. The van der Waals surface area contributed by atoms with Crippen LogP contribution in [0.3, 0.4) is 0 Å². The highest BCUT2D eigenvalue weighted by atomic mass is 35.5. The minimum Gasteiger partial charge on any atom is -0.295 e. The van der Waals surface area contributed by atoms with E-state index in [0.717, 1.165) is 11.0 Å². The zero-order valence-corrected chi connectivity index (χ0v) is 13.2. The van der Waals surface area contributed by atoms with E-state index in [2.05, 4.69) is 4.98 Å². The Kier molecular flexibility index (Phi) is 3.82. The van der Waals surface area contributed by atoms with Crippen LogP contribution in [0, 0.1) is 5.82 Å². The number of halogens is 4. The predicted molar refractivity (Wildman–Crippen MR) is 85.3 cm³/mol. The molecule has 0 saturated carbocycles. The lowest BCUT2D eigenvalue weighted by Crippen LogP contribution is -2.02. The maximum atomic E-state index is 13.8. The Morgan fingerprint density at radius 3 is 2.57 bits per heavy atom. The molecule has 0 radical (unpaired) electrons. The summed E-state index contributed by atoms with van der Waals surface area (Å²) in [6.07, 6.45) is 0. The molecule has 21 heavy (non-hydrogen) atoms. The van der Waals surface area contributed by atoms with Crippen molar-refractivity contribution in [2.45, 2.75) is 12.3 Å². The van der Waals surface area contributed by atoms with Gasteiger partial charge in [0, 0.05) is 5.02 Å². The third-order valence-electron chi connectivity index (χ3n) is 3.16. The van der Waals surface area contributed by atoms with Crippen LogP contribution >= 0.6 is 34.8 Å². The summed E-state index contributed by atoms with van der Waals surface area (Å²) < 4.78 is 15.5. The van der Waals surface area contributed by atoms with Crippen LogP contribution in [0.4, 0.5) is 4.39 Å². The SMILES string of the molecule is CC(Cl)c1nc2ccc(Cl)cc2n1-c1ccc(Cl)c(F)c1. The average molecular weight is 344 g/mol. The number of alkyl halides is 1. The van der Waals surface area contributed by atoms with Crippen LogP contribution in [0.25, 0.3) is 16.7 Å². The van der Waals surface area contributed by atoms with E-state index in [4.69, 9.17) is 34.8 Å². The highest BCUT2D eigenvalue weighted by molar-refractivity contribution is 6.31. The Morgan fingerprint density at radius 2 is 1.90 bits per heavy atom. The first-order valence-electron chi connectivity index (χ1n) is 6.25. The number of nitrogens with zero attached hydrogens (tertiary/aromatic N) is 2. The van der Waals surface area contributed by atoms with Crippen molar-refractivity contribution in [2.24, 2.45) is 0 Å². The maximum absolute atomic E-state index is 13.8. The van der Waals surface area contributed by atoms with Crippen molar-refractivity contribution in [3.63, 3.8) is 0 Å². The summed E-state index contributed by atoms with van der Waals surface area (Å²) in [5, 5.41) is 0.309. The Bertz CT molecular complexity index is 827. The zero-order valence-electron chi connectivity index (χ0n) is 10.9. The lowest BCUT2D eigenvalue weighted by molar-refractivity contribution is 0.627. The minimum atomic E-state index is -0.494. The molecule has 1 atom stereocenters. The van der Waals surface area contributed by atoms with Crippen molar-refractivity contribution >= 4 is 45.8 Å². The number of hydrogen-bond donors (Lipinski definition) is 0. The number of benzene rings is 2. The largest absolute Gasteiger partial charge is 0.295 e. The number of rotatable bonds is 2. The van der Waals surface area contributed by atoms with Crippen molar-refractivity contribution in [3.8, 4) is 5.69 Å². The molecule has 1 heterocycles. The topological polar surface area (TPSA) is 17.8 Å². The average Bonchev–Trinajstić information content (AvgIpc) is 2.80. The van der Waals surface area contributed by atoms with Crippen LogP contribution in [0.1, 0.15) is 18.1 Å². The molecular weight excluding hydrogens is 334 g/mol. The number of imidazole rings is 1. The first-order chi connectivity index (χ1) is 9.97. The molecule has 6 heteroatoms. The molecule has 0 aliphatic heterocycles. The lowest BCUT2D eigenvalue weighted by Gasteiger charge is -2.11. The van der Waals surface area contributed by atoms with Gasteiger partial charge in [-0.15, -0.1) is 11.6 Å². The van der Waals surface area contributed by atoms with Gasteiger partial charge in [-0.25, -0.2) is 9.37 Å². The summed E-state index contributed by atoms with van der Waals surface area (Å²) in [7, 11) is 0. The van der Waals surface area contributed by atoms with Crippen LogP contribution in [-0.4, -0.2) is 9.55 Å². The molecule has 3 aromatic rings. The van der Waals surface area contributed by atoms with Gasteiger partial charge in [0.15, 0.2) is 0 Å². The number of hydrogen-bond acceptors (Lipinski definition) is 1. The van der Waals surface area contributed by atoms with Crippen LogP contribution in [0.15, 0.2) is 36.4 Å².